The van der Waals surface area contributed by atoms with E-state index < -0.39 is 5.91 Å². The highest BCUT2D eigenvalue weighted by molar-refractivity contribution is 5.98. The van der Waals surface area contributed by atoms with Crippen molar-refractivity contribution < 1.29 is 19.1 Å². The third-order valence-electron chi connectivity index (χ3n) is 5.57. The van der Waals surface area contributed by atoms with E-state index in [1.54, 1.807) is 11.0 Å². The van der Waals surface area contributed by atoms with Crippen LogP contribution in [0.2, 0.25) is 0 Å². The molecule has 4 N–H and O–H groups in total. The average Bonchev–Trinajstić information content (AvgIpc) is 3.65. The first-order chi connectivity index (χ1) is 15.9. The molecule has 10 heteroatoms. The summed E-state index contributed by atoms with van der Waals surface area (Å²) in [4.78, 5) is 37.4. The van der Waals surface area contributed by atoms with Crippen molar-refractivity contribution in [2.24, 2.45) is 11.7 Å². The van der Waals surface area contributed by atoms with Crippen LogP contribution >= 0.6 is 0 Å². The summed E-state index contributed by atoms with van der Waals surface area (Å²) in [5, 5.41) is 13.6. The van der Waals surface area contributed by atoms with Crippen LogP contribution in [0.1, 0.15) is 36.2 Å². The number of amides is 3. The fraction of sp³-hybridized carbons (Fsp3) is 0.348. The minimum absolute atomic E-state index is 0.00890. The fourth-order valence-corrected chi connectivity index (χ4v) is 3.62. The van der Waals surface area contributed by atoms with Gasteiger partial charge in [-0.3, -0.25) is 14.4 Å². The van der Waals surface area contributed by atoms with Gasteiger partial charge in [0, 0.05) is 49.7 Å². The van der Waals surface area contributed by atoms with E-state index >= 15 is 0 Å². The van der Waals surface area contributed by atoms with E-state index in [0.29, 0.717) is 30.2 Å². The summed E-state index contributed by atoms with van der Waals surface area (Å²) >= 11 is 0. The van der Waals surface area contributed by atoms with Gasteiger partial charge in [0.1, 0.15) is 11.9 Å². The third kappa shape index (κ3) is 5.65. The quantitative estimate of drug-likeness (QED) is 0.524. The zero-order valence-corrected chi connectivity index (χ0v) is 18.1. The normalized spacial score (nSPS) is 16.1. The van der Waals surface area contributed by atoms with Crippen LogP contribution in [0.5, 0.6) is 5.75 Å². The van der Waals surface area contributed by atoms with Crippen LogP contribution in [-0.2, 0) is 9.59 Å². The molecule has 172 valence electrons. The summed E-state index contributed by atoms with van der Waals surface area (Å²) < 4.78 is 6.10. The summed E-state index contributed by atoms with van der Waals surface area (Å²) in [5.74, 6) is -0.0131. The summed E-state index contributed by atoms with van der Waals surface area (Å²) in [6.45, 7) is 4.76. The second-order valence-corrected chi connectivity index (χ2v) is 8.12. The third-order valence-corrected chi connectivity index (χ3v) is 5.57. The summed E-state index contributed by atoms with van der Waals surface area (Å²) in [5.41, 5.74) is 6.39. The SMILES string of the molecule is C=CC(=O)N1CCC(Oc2cccc(Nc3cc(NC(=O)C4CC4)nnc3C(N)=O)c2)CC1. The van der Waals surface area contributed by atoms with Crippen molar-refractivity contribution in [2.45, 2.75) is 31.8 Å². The minimum atomic E-state index is -0.738. The van der Waals surface area contributed by atoms with Crippen molar-refractivity contribution in [3.05, 3.63) is 48.7 Å². The molecule has 1 saturated heterocycles. The van der Waals surface area contributed by atoms with E-state index in [9.17, 15) is 14.4 Å². The lowest BCUT2D eigenvalue weighted by Crippen LogP contribution is -2.41. The van der Waals surface area contributed by atoms with Gasteiger partial charge in [-0.2, -0.15) is 0 Å². The zero-order chi connectivity index (χ0) is 23.4. The number of piperidine rings is 1. The van der Waals surface area contributed by atoms with Gasteiger partial charge in [-0.25, -0.2) is 0 Å². The Kier molecular flexibility index (Phi) is 6.53. The molecule has 0 radical (unpaired) electrons. The summed E-state index contributed by atoms with van der Waals surface area (Å²) in [7, 11) is 0. The number of hydrogen-bond donors (Lipinski definition) is 3. The van der Waals surface area contributed by atoms with Gasteiger partial charge in [-0.15, -0.1) is 10.2 Å². The number of rotatable bonds is 8. The Hall–Kier alpha value is -3.95. The monoisotopic (exact) mass is 450 g/mol. The van der Waals surface area contributed by atoms with Crippen molar-refractivity contribution in [3.63, 3.8) is 0 Å². The van der Waals surface area contributed by atoms with Crippen LogP contribution in [0.3, 0.4) is 0 Å². The van der Waals surface area contributed by atoms with Gasteiger partial charge < -0.3 is 26.0 Å². The fourth-order valence-electron chi connectivity index (χ4n) is 3.62. The molecule has 3 amide bonds. The maximum atomic E-state index is 12.0. The smallest absolute Gasteiger partial charge is 0.271 e. The lowest BCUT2D eigenvalue weighted by molar-refractivity contribution is -0.127. The molecule has 0 bridgehead atoms. The lowest BCUT2D eigenvalue weighted by atomic mass is 10.1. The summed E-state index contributed by atoms with van der Waals surface area (Å²) in [6.07, 6.45) is 4.48. The Morgan fingerprint density at radius 3 is 2.55 bits per heavy atom. The Morgan fingerprint density at radius 2 is 1.88 bits per heavy atom. The van der Waals surface area contributed by atoms with E-state index in [1.165, 1.54) is 12.1 Å². The molecule has 2 heterocycles. The average molecular weight is 450 g/mol. The number of likely N-dealkylation sites (tertiary alicyclic amines) is 1. The van der Waals surface area contributed by atoms with Gasteiger partial charge >= 0.3 is 0 Å². The van der Waals surface area contributed by atoms with Crippen molar-refractivity contribution >= 4 is 34.9 Å². The number of carbonyl (C=O) groups excluding carboxylic acids is 3. The number of nitrogens with one attached hydrogen (secondary N) is 2. The van der Waals surface area contributed by atoms with Gasteiger partial charge in [-0.05, 0) is 31.1 Å². The molecule has 1 aromatic carbocycles. The molecule has 0 unspecified atom stereocenters. The molecule has 4 rings (SSSR count). The Bertz CT molecular complexity index is 1080. The molecule has 1 aliphatic heterocycles. The molecule has 1 saturated carbocycles. The predicted octanol–water partition coefficient (Wildman–Crippen LogP) is 2.22. The maximum Gasteiger partial charge on any atom is 0.271 e. The molecule has 0 atom stereocenters. The van der Waals surface area contributed by atoms with E-state index in [1.807, 2.05) is 18.2 Å². The zero-order valence-electron chi connectivity index (χ0n) is 18.1. The molecular weight excluding hydrogens is 424 g/mol. The van der Waals surface area contributed by atoms with E-state index in [-0.39, 0.29) is 35.3 Å². The number of ether oxygens (including phenoxy) is 1. The van der Waals surface area contributed by atoms with Gasteiger partial charge in [0.05, 0.1) is 5.69 Å². The van der Waals surface area contributed by atoms with Crippen molar-refractivity contribution in [2.75, 3.05) is 23.7 Å². The predicted molar refractivity (Wildman–Crippen MR) is 122 cm³/mol. The summed E-state index contributed by atoms with van der Waals surface area (Å²) in [6, 6.07) is 8.81. The number of hydrogen-bond acceptors (Lipinski definition) is 7. The highest BCUT2D eigenvalue weighted by Crippen LogP contribution is 2.31. The first-order valence-corrected chi connectivity index (χ1v) is 10.9. The van der Waals surface area contributed by atoms with Crippen molar-refractivity contribution in [1.82, 2.24) is 15.1 Å². The molecule has 0 spiro atoms. The number of aromatic nitrogens is 2. The Labute approximate surface area is 191 Å². The molecule has 1 aromatic heterocycles. The van der Waals surface area contributed by atoms with Gasteiger partial charge in [0.25, 0.3) is 5.91 Å². The van der Waals surface area contributed by atoms with Crippen LogP contribution in [0, 0.1) is 5.92 Å². The van der Waals surface area contributed by atoms with E-state index in [2.05, 4.69) is 27.4 Å². The first-order valence-electron chi connectivity index (χ1n) is 10.9. The number of nitrogens with two attached hydrogens (primary N) is 1. The van der Waals surface area contributed by atoms with Crippen molar-refractivity contribution in [3.8, 4) is 5.75 Å². The number of benzene rings is 1. The van der Waals surface area contributed by atoms with Crippen LogP contribution in [0.25, 0.3) is 0 Å². The molecule has 33 heavy (non-hydrogen) atoms. The molecule has 2 aromatic rings. The Balaban J connectivity index is 1.44. The van der Waals surface area contributed by atoms with Crippen LogP contribution in [0.15, 0.2) is 43.0 Å². The second-order valence-electron chi connectivity index (χ2n) is 8.12. The lowest BCUT2D eigenvalue weighted by Gasteiger charge is -2.31. The Morgan fingerprint density at radius 1 is 1.12 bits per heavy atom. The molecule has 2 aliphatic rings. The molecule has 10 nitrogen and oxygen atoms in total. The van der Waals surface area contributed by atoms with E-state index in [4.69, 9.17) is 10.5 Å². The number of primary amides is 1. The molecule has 2 fully saturated rings. The van der Waals surface area contributed by atoms with Crippen LogP contribution < -0.4 is 21.1 Å². The van der Waals surface area contributed by atoms with Gasteiger partial charge in [-0.1, -0.05) is 12.6 Å². The van der Waals surface area contributed by atoms with Crippen molar-refractivity contribution in [1.29, 1.82) is 0 Å². The van der Waals surface area contributed by atoms with E-state index in [0.717, 1.165) is 25.7 Å². The van der Waals surface area contributed by atoms with Crippen LogP contribution in [-0.4, -0.2) is 52.0 Å². The number of anilines is 3. The standard InChI is InChI=1S/C23H26N6O4/c1-2-20(30)29-10-8-16(9-11-29)33-17-5-3-4-15(12-17)25-18-13-19(26-23(32)14-6-7-14)27-28-21(18)22(24)31/h2-5,12-14,16H,1,6-11H2,(H2,24,31)(H2,25,26,27,32). The highest BCUT2D eigenvalue weighted by Gasteiger charge is 2.30. The van der Waals surface area contributed by atoms with Gasteiger partial charge in [0.2, 0.25) is 11.8 Å². The van der Waals surface area contributed by atoms with Gasteiger partial charge in [0.15, 0.2) is 11.5 Å². The maximum absolute atomic E-state index is 12.0. The molecular formula is C23H26N6O4. The minimum Gasteiger partial charge on any atom is -0.490 e. The number of carbonyl (C=O) groups is 3. The highest BCUT2D eigenvalue weighted by atomic mass is 16.5. The second kappa shape index (κ2) is 9.68. The first kappa shape index (κ1) is 22.3. The largest absolute Gasteiger partial charge is 0.490 e. The molecule has 1 aliphatic carbocycles. The number of nitrogens with zero attached hydrogens (tertiary/aromatic N) is 3. The topological polar surface area (TPSA) is 140 Å². The van der Waals surface area contributed by atoms with Crippen LogP contribution in [0.4, 0.5) is 17.2 Å².